The van der Waals surface area contributed by atoms with E-state index in [0.717, 1.165) is 19.3 Å². The van der Waals surface area contributed by atoms with Gasteiger partial charge in [-0.2, -0.15) is 4.31 Å². The van der Waals surface area contributed by atoms with E-state index < -0.39 is 10.0 Å². The van der Waals surface area contributed by atoms with Crippen molar-refractivity contribution in [3.05, 3.63) is 18.3 Å². The summed E-state index contributed by atoms with van der Waals surface area (Å²) in [6.45, 7) is 3.26. The molecular formula is C12H19N3O2S. The first-order valence-electron chi connectivity index (χ1n) is 6.26. The van der Waals surface area contributed by atoms with E-state index in [0.29, 0.717) is 19.0 Å². The van der Waals surface area contributed by atoms with Crippen molar-refractivity contribution in [2.75, 3.05) is 18.8 Å². The fourth-order valence-electron chi connectivity index (χ4n) is 2.34. The van der Waals surface area contributed by atoms with E-state index >= 15 is 0 Å². The zero-order valence-electron chi connectivity index (χ0n) is 10.5. The van der Waals surface area contributed by atoms with Crippen LogP contribution in [0.2, 0.25) is 0 Å². The number of hydrogen-bond donors (Lipinski definition) is 1. The van der Waals surface area contributed by atoms with E-state index in [9.17, 15) is 8.42 Å². The van der Waals surface area contributed by atoms with Gasteiger partial charge in [-0.25, -0.2) is 13.4 Å². The van der Waals surface area contributed by atoms with Crippen molar-refractivity contribution in [3.8, 4) is 0 Å². The minimum Gasteiger partial charge on any atom is -0.383 e. The van der Waals surface area contributed by atoms with Gasteiger partial charge in [-0.3, -0.25) is 0 Å². The van der Waals surface area contributed by atoms with Crippen molar-refractivity contribution in [2.45, 2.75) is 31.1 Å². The summed E-state index contributed by atoms with van der Waals surface area (Å²) in [6.07, 6.45) is 4.52. The Balaban J connectivity index is 2.29. The molecule has 1 fully saturated rings. The highest BCUT2D eigenvalue weighted by atomic mass is 32.2. The van der Waals surface area contributed by atoms with Gasteiger partial charge in [0.15, 0.2) is 0 Å². The Hall–Kier alpha value is -1.14. The van der Waals surface area contributed by atoms with Gasteiger partial charge < -0.3 is 5.73 Å². The maximum Gasteiger partial charge on any atom is 0.246 e. The Morgan fingerprint density at radius 3 is 3.00 bits per heavy atom. The molecule has 1 saturated heterocycles. The monoisotopic (exact) mass is 269 g/mol. The van der Waals surface area contributed by atoms with Gasteiger partial charge in [0.25, 0.3) is 0 Å². The van der Waals surface area contributed by atoms with Crippen molar-refractivity contribution in [1.82, 2.24) is 9.29 Å². The van der Waals surface area contributed by atoms with Crippen LogP contribution in [0.4, 0.5) is 5.82 Å². The highest BCUT2D eigenvalue weighted by molar-refractivity contribution is 7.89. The Bertz CT molecular complexity index is 516. The van der Waals surface area contributed by atoms with Crippen LogP contribution in [-0.4, -0.2) is 30.8 Å². The zero-order valence-corrected chi connectivity index (χ0v) is 11.4. The Morgan fingerprint density at radius 2 is 2.33 bits per heavy atom. The van der Waals surface area contributed by atoms with Gasteiger partial charge in [-0.15, -0.1) is 0 Å². The van der Waals surface area contributed by atoms with Crippen molar-refractivity contribution < 1.29 is 8.42 Å². The van der Waals surface area contributed by atoms with Gasteiger partial charge in [0, 0.05) is 19.3 Å². The maximum absolute atomic E-state index is 12.5. The molecule has 18 heavy (non-hydrogen) atoms. The highest BCUT2D eigenvalue weighted by Crippen LogP contribution is 2.26. The molecule has 5 nitrogen and oxygen atoms in total. The average Bonchev–Trinajstić information content (AvgIpc) is 2.39. The number of nitrogen functional groups attached to an aromatic ring is 1. The summed E-state index contributed by atoms with van der Waals surface area (Å²) in [5.74, 6) is 0.530. The molecule has 1 aromatic heterocycles. The summed E-state index contributed by atoms with van der Waals surface area (Å²) < 4.78 is 26.5. The molecule has 0 radical (unpaired) electrons. The van der Waals surface area contributed by atoms with E-state index in [1.54, 1.807) is 6.07 Å². The molecule has 2 rings (SSSR count). The maximum atomic E-state index is 12.5. The Morgan fingerprint density at radius 1 is 1.56 bits per heavy atom. The van der Waals surface area contributed by atoms with Gasteiger partial charge in [0.2, 0.25) is 10.0 Å². The van der Waals surface area contributed by atoms with Gasteiger partial charge in [0.05, 0.1) is 0 Å². The van der Waals surface area contributed by atoms with E-state index in [1.807, 2.05) is 0 Å². The molecule has 0 saturated carbocycles. The average molecular weight is 269 g/mol. The van der Waals surface area contributed by atoms with E-state index in [-0.39, 0.29) is 10.7 Å². The molecule has 1 aromatic rings. The number of nitrogens with two attached hydrogens (primary N) is 1. The molecule has 0 aliphatic carbocycles. The van der Waals surface area contributed by atoms with Gasteiger partial charge in [-0.1, -0.05) is 13.3 Å². The number of piperidine rings is 1. The number of anilines is 1. The predicted octanol–water partition coefficient (Wildman–Crippen LogP) is 1.47. The third-order valence-corrected chi connectivity index (χ3v) is 5.39. The summed E-state index contributed by atoms with van der Waals surface area (Å²) in [5, 5.41) is 0. The quantitative estimate of drug-likeness (QED) is 0.901. The minimum absolute atomic E-state index is 0.0797. The lowest BCUT2D eigenvalue weighted by atomic mass is 9.97. The first-order valence-corrected chi connectivity index (χ1v) is 7.70. The summed E-state index contributed by atoms with van der Waals surface area (Å²) in [6, 6.07) is 3.12. The van der Waals surface area contributed by atoms with E-state index in [4.69, 9.17) is 5.73 Å². The van der Waals surface area contributed by atoms with Crippen LogP contribution in [0.25, 0.3) is 0 Å². The first-order chi connectivity index (χ1) is 8.55. The number of pyridine rings is 1. The van der Waals surface area contributed by atoms with E-state index in [1.165, 1.54) is 16.6 Å². The third-order valence-electron chi connectivity index (χ3n) is 3.48. The summed E-state index contributed by atoms with van der Waals surface area (Å²) in [4.78, 5) is 3.98. The lowest BCUT2D eigenvalue weighted by Gasteiger charge is -2.31. The lowest BCUT2D eigenvalue weighted by molar-refractivity contribution is 0.261. The highest BCUT2D eigenvalue weighted by Gasteiger charge is 2.31. The fourth-order valence-corrected chi connectivity index (χ4v) is 3.96. The van der Waals surface area contributed by atoms with Crippen LogP contribution in [0.5, 0.6) is 0 Å². The molecule has 0 aromatic carbocycles. The van der Waals surface area contributed by atoms with Crippen molar-refractivity contribution >= 4 is 15.8 Å². The molecular weight excluding hydrogens is 250 g/mol. The van der Waals surface area contributed by atoms with Gasteiger partial charge in [0.1, 0.15) is 10.7 Å². The minimum atomic E-state index is -3.49. The van der Waals surface area contributed by atoms with Gasteiger partial charge >= 0.3 is 0 Å². The number of nitrogens with zero attached hydrogens (tertiary/aromatic N) is 2. The van der Waals surface area contributed by atoms with Gasteiger partial charge in [-0.05, 0) is 30.9 Å². The fraction of sp³-hybridized carbons (Fsp3) is 0.583. The molecule has 0 spiro atoms. The van der Waals surface area contributed by atoms with E-state index in [2.05, 4.69) is 11.9 Å². The van der Waals surface area contributed by atoms with Crippen molar-refractivity contribution in [2.24, 2.45) is 5.92 Å². The van der Waals surface area contributed by atoms with Crippen LogP contribution in [0.3, 0.4) is 0 Å². The first kappa shape index (κ1) is 13.3. The molecule has 100 valence electrons. The molecule has 1 aliphatic rings. The predicted molar refractivity (Wildman–Crippen MR) is 70.4 cm³/mol. The third kappa shape index (κ3) is 2.49. The molecule has 1 unspecified atom stereocenters. The van der Waals surface area contributed by atoms with Crippen molar-refractivity contribution in [1.29, 1.82) is 0 Å². The standard InChI is InChI=1S/C12H19N3O2S/c1-2-10-5-4-8-15(9-10)18(16,17)11-6-3-7-14-12(11)13/h3,6-7,10H,2,4-5,8-9H2,1H3,(H2,13,14). The Labute approximate surface area is 108 Å². The number of sulfonamides is 1. The topological polar surface area (TPSA) is 76.3 Å². The SMILES string of the molecule is CCC1CCCN(S(=O)(=O)c2cccnc2N)C1. The smallest absolute Gasteiger partial charge is 0.246 e. The number of hydrogen-bond acceptors (Lipinski definition) is 4. The largest absolute Gasteiger partial charge is 0.383 e. The molecule has 2 heterocycles. The van der Waals surface area contributed by atoms with Crippen LogP contribution in [0.15, 0.2) is 23.2 Å². The molecule has 0 amide bonds. The van der Waals surface area contributed by atoms with Crippen molar-refractivity contribution in [3.63, 3.8) is 0 Å². The second-order valence-corrected chi connectivity index (χ2v) is 6.57. The van der Waals surface area contributed by atoms with Crippen LogP contribution in [0, 0.1) is 5.92 Å². The van der Waals surface area contributed by atoms with Crippen LogP contribution in [0.1, 0.15) is 26.2 Å². The zero-order chi connectivity index (χ0) is 13.2. The summed E-state index contributed by atoms with van der Waals surface area (Å²) >= 11 is 0. The summed E-state index contributed by atoms with van der Waals surface area (Å²) in [5.41, 5.74) is 5.66. The normalized spacial score (nSPS) is 21.9. The molecule has 1 atom stereocenters. The number of aromatic nitrogens is 1. The van der Waals surface area contributed by atoms with Crippen LogP contribution < -0.4 is 5.73 Å². The second kappa shape index (κ2) is 5.24. The molecule has 1 aliphatic heterocycles. The molecule has 2 N–H and O–H groups in total. The Kier molecular flexibility index (Phi) is 3.87. The lowest BCUT2D eigenvalue weighted by Crippen LogP contribution is -2.40. The second-order valence-electron chi connectivity index (χ2n) is 4.67. The van der Waals surface area contributed by atoms with Crippen LogP contribution in [-0.2, 0) is 10.0 Å². The summed E-state index contributed by atoms with van der Waals surface area (Å²) in [7, 11) is -3.49. The molecule has 0 bridgehead atoms. The van der Waals surface area contributed by atoms with Crippen LogP contribution >= 0.6 is 0 Å². The number of rotatable bonds is 3. The molecule has 6 heteroatoms.